The van der Waals surface area contributed by atoms with Crippen LogP contribution < -0.4 is 10.2 Å². The summed E-state index contributed by atoms with van der Waals surface area (Å²) in [7, 11) is 2.15. The zero-order valence-corrected chi connectivity index (χ0v) is 13.1. The molecule has 1 aromatic carbocycles. The van der Waals surface area contributed by atoms with E-state index in [9.17, 15) is 0 Å². The van der Waals surface area contributed by atoms with Gasteiger partial charge in [-0.25, -0.2) is 0 Å². The van der Waals surface area contributed by atoms with Crippen LogP contribution in [0.5, 0.6) is 0 Å². The smallest absolute Gasteiger partial charge is 0.0750 e. The van der Waals surface area contributed by atoms with E-state index in [2.05, 4.69) is 55.4 Å². The van der Waals surface area contributed by atoms with E-state index >= 15 is 0 Å². The first-order chi connectivity index (χ1) is 9.65. The average molecular weight is 276 g/mol. The van der Waals surface area contributed by atoms with Crippen LogP contribution >= 0.6 is 0 Å². The van der Waals surface area contributed by atoms with Crippen LogP contribution in [-0.2, 0) is 11.3 Å². The normalized spacial score (nSPS) is 18.7. The van der Waals surface area contributed by atoms with Gasteiger partial charge in [0.25, 0.3) is 0 Å². The van der Waals surface area contributed by atoms with Gasteiger partial charge in [0.15, 0.2) is 0 Å². The van der Waals surface area contributed by atoms with Gasteiger partial charge in [-0.2, -0.15) is 0 Å². The molecule has 0 spiro atoms. The number of nitrogens with one attached hydrogen (secondary N) is 1. The molecule has 3 nitrogen and oxygen atoms in total. The molecule has 1 saturated heterocycles. The third-order valence-corrected chi connectivity index (χ3v) is 3.76. The van der Waals surface area contributed by atoms with Crippen LogP contribution in [0.15, 0.2) is 24.3 Å². The summed E-state index contributed by atoms with van der Waals surface area (Å²) in [4.78, 5) is 2.29. The molecule has 20 heavy (non-hydrogen) atoms. The largest absolute Gasteiger partial charge is 0.376 e. The van der Waals surface area contributed by atoms with Crippen molar-refractivity contribution in [2.24, 2.45) is 5.92 Å². The second-order valence-electron chi connectivity index (χ2n) is 6.21. The minimum atomic E-state index is 0.410. The van der Waals surface area contributed by atoms with Crippen LogP contribution in [0.3, 0.4) is 0 Å². The summed E-state index contributed by atoms with van der Waals surface area (Å²) in [5.74, 6) is 0.701. The summed E-state index contributed by atoms with van der Waals surface area (Å²) in [6, 6.07) is 8.85. The van der Waals surface area contributed by atoms with Crippen LogP contribution in [0.2, 0.25) is 0 Å². The first-order valence-corrected chi connectivity index (χ1v) is 7.77. The van der Waals surface area contributed by atoms with Crippen molar-refractivity contribution >= 4 is 5.69 Å². The van der Waals surface area contributed by atoms with Gasteiger partial charge in [0.2, 0.25) is 0 Å². The number of benzene rings is 1. The fraction of sp³-hybridized carbons (Fsp3) is 0.647. The molecule has 0 aromatic heterocycles. The zero-order chi connectivity index (χ0) is 14.4. The molecule has 1 aromatic rings. The molecule has 0 radical (unpaired) electrons. The average Bonchev–Trinajstić information content (AvgIpc) is 2.92. The molecule has 0 aliphatic carbocycles. The Morgan fingerprint density at radius 1 is 1.30 bits per heavy atom. The predicted molar refractivity (Wildman–Crippen MR) is 85.2 cm³/mol. The lowest BCUT2D eigenvalue weighted by Gasteiger charge is -2.23. The van der Waals surface area contributed by atoms with Crippen molar-refractivity contribution in [3.05, 3.63) is 29.8 Å². The van der Waals surface area contributed by atoms with Gasteiger partial charge in [-0.3, -0.25) is 0 Å². The number of hydrogen-bond acceptors (Lipinski definition) is 3. The van der Waals surface area contributed by atoms with Crippen LogP contribution in [0.4, 0.5) is 5.69 Å². The number of anilines is 1. The van der Waals surface area contributed by atoms with E-state index in [-0.39, 0.29) is 0 Å². The molecular weight excluding hydrogens is 248 g/mol. The Morgan fingerprint density at radius 3 is 2.65 bits per heavy atom. The van der Waals surface area contributed by atoms with Gasteiger partial charge in [0, 0.05) is 32.4 Å². The Balaban J connectivity index is 1.80. The third-order valence-electron chi connectivity index (χ3n) is 3.76. The highest BCUT2D eigenvalue weighted by molar-refractivity contribution is 5.47. The summed E-state index contributed by atoms with van der Waals surface area (Å²) in [6.07, 6.45) is 2.81. The fourth-order valence-corrected chi connectivity index (χ4v) is 2.57. The van der Waals surface area contributed by atoms with Crippen molar-refractivity contribution in [2.75, 3.05) is 31.6 Å². The predicted octanol–water partition coefficient (Wildman–Crippen LogP) is 3.05. The first-order valence-electron chi connectivity index (χ1n) is 7.77. The van der Waals surface area contributed by atoms with Crippen LogP contribution in [0.25, 0.3) is 0 Å². The molecule has 1 atom stereocenters. The van der Waals surface area contributed by atoms with E-state index in [1.54, 1.807) is 0 Å². The Hall–Kier alpha value is -1.06. The van der Waals surface area contributed by atoms with E-state index in [4.69, 9.17) is 4.74 Å². The minimum Gasteiger partial charge on any atom is -0.376 e. The Bertz CT molecular complexity index is 382. The number of hydrogen-bond donors (Lipinski definition) is 1. The van der Waals surface area contributed by atoms with Gasteiger partial charge in [-0.15, -0.1) is 0 Å². The molecule has 1 fully saturated rings. The summed E-state index contributed by atoms with van der Waals surface area (Å²) in [6.45, 7) is 8.41. The lowest BCUT2D eigenvalue weighted by atomic mass is 10.1. The minimum absolute atomic E-state index is 0.410. The molecule has 112 valence electrons. The van der Waals surface area contributed by atoms with E-state index in [0.29, 0.717) is 12.0 Å². The van der Waals surface area contributed by atoms with Gasteiger partial charge in [0.05, 0.1) is 6.10 Å². The quantitative estimate of drug-likeness (QED) is 0.828. The van der Waals surface area contributed by atoms with Crippen LogP contribution in [0, 0.1) is 5.92 Å². The molecule has 2 rings (SSSR count). The van der Waals surface area contributed by atoms with Crippen LogP contribution in [0.1, 0.15) is 32.3 Å². The maximum absolute atomic E-state index is 5.69. The molecule has 1 aliphatic rings. The lowest BCUT2D eigenvalue weighted by Crippen LogP contribution is -2.28. The molecule has 0 bridgehead atoms. The lowest BCUT2D eigenvalue weighted by molar-refractivity contribution is 0.116. The molecule has 0 amide bonds. The molecule has 0 saturated carbocycles. The molecular formula is C17H28N2O. The summed E-state index contributed by atoms with van der Waals surface area (Å²) >= 11 is 0. The highest BCUT2D eigenvalue weighted by Gasteiger charge is 2.17. The molecule has 3 heteroatoms. The van der Waals surface area contributed by atoms with Crippen molar-refractivity contribution in [1.29, 1.82) is 0 Å². The Labute approximate surface area is 123 Å². The maximum atomic E-state index is 5.69. The number of likely N-dealkylation sites (N-methyl/N-ethyl adjacent to an activating group) is 1. The monoisotopic (exact) mass is 276 g/mol. The Morgan fingerprint density at radius 2 is 2.05 bits per heavy atom. The summed E-state index contributed by atoms with van der Waals surface area (Å²) in [5.41, 5.74) is 2.62. The van der Waals surface area contributed by atoms with Gasteiger partial charge in [-0.05, 0) is 43.0 Å². The number of nitrogens with zero attached hydrogens (tertiary/aromatic N) is 1. The fourth-order valence-electron chi connectivity index (χ4n) is 2.57. The van der Waals surface area contributed by atoms with E-state index in [1.807, 2.05) is 0 Å². The first kappa shape index (κ1) is 15.3. The zero-order valence-electron chi connectivity index (χ0n) is 13.1. The second-order valence-corrected chi connectivity index (χ2v) is 6.21. The van der Waals surface area contributed by atoms with E-state index < -0.39 is 0 Å². The molecule has 1 heterocycles. The second kappa shape index (κ2) is 7.65. The SMILES string of the molecule is CC(C)CNCc1ccc(N(C)CC2CCCO2)cc1. The van der Waals surface area contributed by atoms with Crippen molar-refractivity contribution < 1.29 is 4.74 Å². The van der Waals surface area contributed by atoms with Crippen molar-refractivity contribution in [2.45, 2.75) is 39.3 Å². The highest BCUT2D eigenvalue weighted by atomic mass is 16.5. The third kappa shape index (κ3) is 4.80. The number of rotatable bonds is 7. The van der Waals surface area contributed by atoms with E-state index in [0.717, 1.165) is 26.2 Å². The van der Waals surface area contributed by atoms with Gasteiger partial charge in [0.1, 0.15) is 0 Å². The van der Waals surface area contributed by atoms with Gasteiger partial charge >= 0.3 is 0 Å². The van der Waals surface area contributed by atoms with Crippen molar-refractivity contribution in [3.63, 3.8) is 0 Å². The molecule has 1 N–H and O–H groups in total. The summed E-state index contributed by atoms with van der Waals surface area (Å²) < 4.78 is 5.69. The van der Waals surface area contributed by atoms with Gasteiger partial charge in [-0.1, -0.05) is 26.0 Å². The van der Waals surface area contributed by atoms with Gasteiger partial charge < -0.3 is 15.0 Å². The molecule has 1 aliphatic heterocycles. The Kier molecular flexibility index (Phi) is 5.86. The topological polar surface area (TPSA) is 24.5 Å². The summed E-state index contributed by atoms with van der Waals surface area (Å²) in [5, 5.41) is 3.47. The molecule has 1 unspecified atom stereocenters. The van der Waals surface area contributed by atoms with Crippen molar-refractivity contribution in [3.8, 4) is 0 Å². The van der Waals surface area contributed by atoms with E-state index in [1.165, 1.54) is 24.1 Å². The maximum Gasteiger partial charge on any atom is 0.0750 e. The van der Waals surface area contributed by atoms with Crippen LogP contribution in [-0.4, -0.2) is 32.8 Å². The van der Waals surface area contributed by atoms with Crippen molar-refractivity contribution in [1.82, 2.24) is 5.32 Å². The number of ether oxygens (including phenoxy) is 1. The standard InChI is InChI=1S/C17H28N2O/c1-14(2)11-18-12-15-6-8-16(9-7-15)19(3)13-17-5-4-10-20-17/h6-9,14,17-18H,4-5,10-13H2,1-3H3. The highest BCUT2D eigenvalue weighted by Crippen LogP contribution is 2.18.